The van der Waals surface area contributed by atoms with Gasteiger partial charge in [-0.05, 0) is 18.8 Å². The molecular formula is C15H28N2O3. The molecule has 116 valence electrons. The summed E-state index contributed by atoms with van der Waals surface area (Å²) in [6.07, 6.45) is 8.17. The lowest BCUT2D eigenvalue weighted by Crippen LogP contribution is -2.45. The molecule has 2 amide bonds. The van der Waals surface area contributed by atoms with Crippen LogP contribution in [0.3, 0.4) is 0 Å². The van der Waals surface area contributed by atoms with E-state index in [4.69, 9.17) is 5.11 Å². The van der Waals surface area contributed by atoms with Crippen LogP contribution in [0, 0.1) is 11.8 Å². The zero-order valence-electron chi connectivity index (χ0n) is 12.7. The summed E-state index contributed by atoms with van der Waals surface area (Å²) in [7, 11) is 0. The van der Waals surface area contributed by atoms with Crippen LogP contribution >= 0.6 is 0 Å². The van der Waals surface area contributed by atoms with Crippen LogP contribution in [0.4, 0.5) is 4.79 Å². The minimum absolute atomic E-state index is 0.00851. The number of carbonyl (C=O) groups is 2. The highest BCUT2D eigenvalue weighted by Gasteiger charge is 2.22. The van der Waals surface area contributed by atoms with Gasteiger partial charge >= 0.3 is 12.0 Å². The predicted molar refractivity (Wildman–Crippen MR) is 78.6 cm³/mol. The SMILES string of the molecule is CC(C)C(CNC(=O)NC1CCCCCCC1)C(=O)O. The van der Waals surface area contributed by atoms with E-state index in [1.807, 2.05) is 13.8 Å². The van der Waals surface area contributed by atoms with E-state index in [0.717, 1.165) is 25.7 Å². The minimum Gasteiger partial charge on any atom is -0.481 e. The van der Waals surface area contributed by atoms with E-state index < -0.39 is 11.9 Å². The Balaban J connectivity index is 2.32. The molecule has 0 bridgehead atoms. The molecule has 0 saturated heterocycles. The molecule has 1 aliphatic carbocycles. The Hall–Kier alpha value is -1.26. The molecule has 1 saturated carbocycles. The fourth-order valence-corrected chi connectivity index (χ4v) is 2.65. The van der Waals surface area contributed by atoms with Gasteiger partial charge in [0.05, 0.1) is 5.92 Å². The number of rotatable bonds is 5. The molecule has 1 atom stereocenters. The van der Waals surface area contributed by atoms with E-state index in [9.17, 15) is 9.59 Å². The van der Waals surface area contributed by atoms with Crippen LogP contribution in [0.2, 0.25) is 0 Å². The first kappa shape index (κ1) is 16.8. The molecule has 20 heavy (non-hydrogen) atoms. The Labute approximate surface area is 121 Å². The van der Waals surface area contributed by atoms with Crippen molar-refractivity contribution in [1.29, 1.82) is 0 Å². The van der Waals surface area contributed by atoms with Crippen LogP contribution in [0.5, 0.6) is 0 Å². The van der Waals surface area contributed by atoms with Gasteiger partial charge in [-0.15, -0.1) is 0 Å². The summed E-state index contributed by atoms with van der Waals surface area (Å²) < 4.78 is 0. The monoisotopic (exact) mass is 284 g/mol. The van der Waals surface area contributed by atoms with Gasteiger partial charge in [-0.1, -0.05) is 46.0 Å². The first-order valence-electron chi connectivity index (χ1n) is 7.78. The topological polar surface area (TPSA) is 78.4 Å². The van der Waals surface area contributed by atoms with Crippen molar-refractivity contribution < 1.29 is 14.7 Å². The summed E-state index contributed by atoms with van der Waals surface area (Å²) >= 11 is 0. The highest BCUT2D eigenvalue weighted by Crippen LogP contribution is 2.17. The summed E-state index contributed by atoms with van der Waals surface area (Å²) in [5.74, 6) is -1.38. The molecule has 5 heteroatoms. The Kier molecular flexibility index (Phi) is 7.41. The lowest BCUT2D eigenvalue weighted by Gasteiger charge is -2.22. The van der Waals surface area contributed by atoms with Crippen LogP contribution in [0.1, 0.15) is 58.8 Å². The molecule has 0 heterocycles. The number of hydrogen-bond donors (Lipinski definition) is 3. The summed E-state index contributed by atoms with van der Waals surface area (Å²) in [6, 6.07) is 0.0000940. The molecule has 1 fully saturated rings. The van der Waals surface area contributed by atoms with Crippen LogP contribution in [-0.2, 0) is 4.79 Å². The molecular weight excluding hydrogens is 256 g/mol. The molecule has 3 N–H and O–H groups in total. The highest BCUT2D eigenvalue weighted by molar-refractivity contribution is 5.76. The van der Waals surface area contributed by atoms with Gasteiger partial charge < -0.3 is 15.7 Å². The van der Waals surface area contributed by atoms with E-state index in [1.54, 1.807) is 0 Å². The van der Waals surface area contributed by atoms with Crippen molar-refractivity contribution in [2.45, 2.75) is 64.8 Å². The number of amides is 2. The van der Waals surface area contributed by atoms with Crippen LogP contribution < -0.4 is 10.6 Å². The van der Waals surface area contributed by atoms with Gasteiger partial charge in [0.25, 0.3) is 0 Å². The maximum Gasteiger partial charge on any atom is 0.315 e. The number of urea groups is 1. The standard InChI is InChI=1S/C15H28N2O3/c1-11(2)13(14(18)19)10-16-15(20)17-12-8-6-4-3-5-7-9-12/h11-13H,3-10H2,1-2H3,(H,18,19)(H2,16,17,20). The van der Waals surface area contributed by atoms with E-state index in [-0.39, 0.29) is 24.5 Å². The van der Waals surface area contributed by atoms with Crippen molar-refractivity contribution in [2.24, 2.45) is 11.8 Å². The Morgan fingerprint density at radius 2 is 1.65 bits per heavy atom. The van der Waals surface area contributed by atoms with E-state index in [1.165, 1.54) is 19.3 Å². The largest absolute Gasteiger partial charge is 0.481 e. The fourth-order valence-electron chi connectivity index (χ4n) is 2.65. The summed E-state index contributed by atoms with van der Waals surface area (Å²) in [5, 5.41) is 14.7. The molecule has 1 aliphatic rings. The summed E-state index contributed by atoms with van der Waals surface area (Å²) in [6.45, 7) is 3.89. The quantitative estimate of drug-likeness (QED) is 0.726. The summed E-state index contributed by atoms with van der Waals surface area (Å²) in [5.41, 5.74) is 0. The van der Waals surface area contributed by atoms with Crippen molar-refractivity contribution in [1.82, 2.24) is 10.6 Å². The number of hydrogen-bond acceptors (Lipinski definition) is 2. The second-order valence-corrected chi connectivity index (χ2v) is 6.09. The smallest absolute Gasteiger partial charge is 0.315 e. The number of carboxylic acid groups (broad SMARTS) is 1. The normalized spacial score (nSPS) is 18.9. The maximum absolute atomic E-state index is 11.8. The molecule has 0 aliphatic heterocycles. The van der Waals surface area contributed by atoms with Crippen molar-refractivity contribution in [3.63, 3.8) is 0 Å². The van der Waals surface area contributed by atoms with E-state index >= 15 is 0 Å². The van der Waals surface area contributed by atoms with Crippen molar-refractivity contribution >= 4 is 12.0 Å². The van der Waals surface area contributed by atoms with Gasteiger partial charge in [-0.25, -0.2) is 4.79 Å². The van der Waals surface area contributed by atoms with Crippen LogP contribution in [-0.4, -0.2) is 29.7 Å². The van der Waals surface area contributed by atoms with Crippen molar-refractivity contribution in [3.8, 4) is 0 Å². The first-order chi connectivity index (χ1) is 9.50. The van der Waals surface area contributed by atoms with Gasteiger partial charge in [-0.2, -0.15) is 0 Å². The molecule has 0 aromatic heterocycles. The third-order valence-corrected chi connectivity index (χ3v) is 4.04. The molecule has 1 unspecified atom stereocenters. The molecule has 1 rings (SSSR count). The van der Waals surface area contributed by atoms with E-state index in [0.29, 0.717) is 0 Å². The third kappa shape index (κ3) is 6.26. The Morgan fingerprint density at radius 3 is 2.15 bits per heavy atom. The lowest BCUT2D eigenvalue weighted by atomic mass is 9.96. The molecule has 0 spiro atoms. The second kappa shape index (κ2) is 8.82. The number of nitrogens with one attached hydrogen (secondary N) is 2. The first-order valence-corrected chi connectivity index (χ1v) is 7.78. The average Bonchev–Trinajstić information content (AvgIpc) is 2.31. The number of aliphatic carboxylic acids is 1. The van der Waals surface area contributed by atoms with Gasteiger partial charge in [0.15, 0.2) is 0 Å². The van der Waals surface area contributed by atoms with Gasteiger partial charge in [0, 0.05) is 12.6 Å². The molecule has 0 radical (unpaired) electrons. The van der Waals surface area contributed by atoms with Gasteiger partial charge in [-0.3, -0.25) is 4.79 Å². The zero-order valence-corrected chi connectivity index (χ0v) is 12.7. The average molecular weight is 284 g/mol. The lowest BCUT2D eigenvalue weighted by molar-refractivity contribution is -0.142. The second-order valence-electron chi connectivity index (χ2n) is 6.09. The number of carboxylic acids is 1. The molecule has 0 aromatic rings. The number of carbonyl (C=O) groups excluding carboxylic acids is 1. The highest BCUT2D eigenvalue weighted by atomic mass is 16.4. The molecule has 5 nitrogen and oxygen atoms in total. The summed E-state index contributed by atoms with van der Waals surface area (Å²) in [4.78, 5) is 22.9. The van der Waals surface area contributed by atoms with Crippen LogP contribution in [0.15, 0.2) is 0 Å². The Bertz CT molecular complexity index is 310. The van der Waals surface area contributed by atoms with Gasteiger partial charge in [0.2, 0.25) is 0 Å². The fraction of sp³-hybridized carbons (Fsp3) is 0.867. The predicted octanol–water partition coefficient (Wildman–Crippen LogP) is 2.76. The Morgan fingerprint density at radius 1 is 1.10 bits per heavy atom. The molecule has 0 aromatic carbocycles. The van der Waals surface area contributed by atoms with Crippen molar-refractivity contribution in [2.75, 3.05) is 6.54 Å². The van der Waals surface area contributed by atoms with Crippen molar-refractivity contribution in [3.05, 3.63) is 0 Å². The van der Waals surface area contributed by atoms with E-state index in [2.05, 4.69) is 10.6 Å². The van der Waals surface area contributed by atoms with Crippen LogP contribution in [0.25, 0.3) is 0 Å². The third-order valence-electron chi connectivity index (χ3n) is 4.04. The maximum atomic E-state index is 11.8. The van der Waals surface area contributed by atoms with Gasteiger partial charge in [0.1, 0.15) is 0 Å². The minimum atomic E-state index is -0.855. The zero-order chi connectivity index (χ0) is 15.0.